The zero-order chi connectivity index (χ0) is 14.2. The Bertz CT molecular complexity index is 190. The Hall–Kier alpha value is 0.0500. The molecule has 1 nitrogen and oxygen atoms in total. The number of hydrogen-bond donors (Lipinski definition) is 2. The molecule has 0 spiro atoms. The Morgan fingerprint density at radius 3 is 1.79 bits per heavy atom. The van der Waals surface area contributed by atoms with E-state index in [2.05, 4.69) is 31.7 Å². The van der Waals surface area contributed by atoms with Gasteiger partial charge in [-0.3, -0.25) is 0 Å². The van der Waals surface area contributed by atoms with E-state index in [0.717, 1.165) is 12.8 Å². The molecule has 0 heterocycles. The van der Waals surface area contributed by atoms with Gasteiger partial charge in [0.05, 0.1) is 5.44 Å². The molecule has 0 rings (SSSR count). The highest BCUT2D eigenvalue weighted by molar-refractivity contribution is 7.80. The molecule has 1 N–H and O–H groups in total. The van der Waals surface area contributed by atoms with Gasteiger partial charge in [0.15, 0.2) is 0 Å². The molecule has 0 aliphatic carbocycles. The third kappa shape index (κ3) is 18.1. The summed E-state index contributed by atoms with van der Waals surface area (Å²) < 4.78 is 0. The highest BCUT2D eigenvalue weighted by Crippen LogP contribution is 2.10. The van der Waals surface area contributed by atoms with Crippen LogP contribution in [-0.4, -0.2) is 10.5 Å². The maximum Gasteiger partial charge on any atom is 0.0964 e. The molecule has 0 aromatic carbocycles. The molecule has 0 aliphatic heterocycles. The van der Waals surface area contributed by atoms with E-state index in [-0.39, 0.29) is 0 Å². The van der Waals surface area contributed by atoms with Crippen molar-refractivity contribution >= 4 is 12.6 Å². The quantitative estimate of drug-likeness (QED) is 0.177. The third-order valence-corrected chi connectivity index (χ3v) is 3.73. The van der Waals surface area contributed by atoms with Crippen LogP contribution in [0.15, 0.2) is 12.2 Å². The predicted octanol–water partition coefficient (Wildman–Crippen LogP) is 5.88. The van der Waals surface area contributed by atoms with E-state index in [1.807, 2.05) is 0 Å². The standard InChI is InChI=1S/C17H34OS/c1-2-3-4-5-6-7-8-9-10-11-12-13-14-15-16-17(18)19/h9-10,17-19H,2-8,11-16H2,1H3/b10-9-. The first-order valence-corrected chi connectivity index (χ1v) is 8.80. The first-order chi connectivity index (χ1) is 9.27. The van der Waals surface area contributed by atoms with Gasteiger partial charge in [-0.2, -0.15) is 0 Å². The number of unbranched alkanes of at least 4 members (excludes halogenated alkanes) is 10. The van der Waals surface area contributed by atoms with Crippen LogP contribution in [0.25, 0.3) is 0 Å². The summed E-state index contributed by atoms with van der Waals surface area (Å²) in [6, 6.07) is 0. The topological polar surface area (TPSA) is 20.2 Å². The maximum absolute atomic E-state index is 9.00. The average molecular weight is 287 g/mol. The number of rotatable bonds is 14. The third-order valence-electron chi connectivity index (χ3n) is 3.47. The molecule has 0 amide bonds. The van der Waals surface area contributed by atoms with Gasteiger partial charge in [0, 0.05) is 0 Å². The van der Waals surface area contributed by atoms with Crippen LogP contribution < -0.4 is 0 Å². The predicted molar refractivity (Wildman–Crippen MR) is 89.8 cm³/mol. The second-order valence-corrected chi connectivity index (χ2v) is 6.10. The fourth-order valence-corrected chi connectivity index (χ4v) is 2.40. The van der Waals surface area contributed by atoms with Crippen molar-refractivity contribution in [1.29, 1.82) is 0 Å². The van der Waals surface area contributed by atoms with Crippen LogP contribution in [0, 0.1) is 0 Å². The van der Waals surface area contributed by atoms with Crippen molar-refractivity contribution in [3.8, 4) is 0 Å². The zero-order valence-corrected chi connectivity index (χ0v) is 13.7. The van der Waals surface area contributed by atoms with Gasteiger partial charge in [-0.05, 0) is 32.1 Å². The lowest BCUT2D eigenvalue weighted by molar-refractivity contribution is 0.249. The zero-order valence-electron chi connectivity index (χ0n) is 12.8. The van der Waals surface area contributed by atoms with Crippen molar-refractivity contribution in [2.24, 2.45) is 0 Å². The van der Waals surface area contributed by atoms with Crippen molar-refractivity contribution < 1.29 is 5.11 Å². The Balaban J connectivity index is 3.05. The van der Waals surface area contributed by atoms with E-state index in [9.17, 15) is 0 Å². The van der Waals surface area contributed by atoms with Crippen molar-refractivity contribution in [2.75, 3.05) is 0 Å². The van der Waals surface area contributed by atoms with E-state index in [1.54, 1.807) is 0 Å². The number of allylic oxidation sites excluding steroid dienone is 2. The van der Waals surface area contributed by atoms with E-state index in [4.69, 9.17) is 5.11 Å². The average Bonchev–Trinajstić information content (AvgIpc) is 2.39. The summed E-state index contributed by atoms with van der Waals surface area (Å²) in [6.45, 7) is 2.27. The summed E-state index contributed by atoms with van der Waals surface area (Å²) >= 11 is 3.96. The van der Waals surface area contributed by atoms with Crippen LogP contribution in [0.5, 0.6) is 0 Å². The summed E-state index contributed by atoms with van der Waals surface area (Å²) in [4.78, 5) is 0. The lowest BCUT2D eigenvalue weighted by Crippen LogP contribution is -1.94. The van der Waals surface area contributed by atoms with Gasteiger partial charge in [0.25, 0.3) is 0 Å². The van der Waals surface area contributed by atoms with Crippen LogP contribution in [-0.2, 0) is 0 Å². The highest BCUT2D eigenvalue weighted by atomic mass is 32.1. The molecule has 0 radical (unpaired) electrons. The summed E-state index contributed by atoms with van der Waals surface area (Å²) in [5, 5.41) is 9.00. The summed E-state index contributed by atoms with van der Waals surface area (Å²) in [6.07, 6.45) is 21.3. The largest absolute Gasteiger partial charge is 0.383 e. The SMILES string of the molecule is CCCCCCCC/C=C\CCCCCCC(O)S. The van der Waals surface area contributed by atoms with Crippen molar-refractivity contribution in [2.45, 2.75) is 95.8 Å². The summed E-state index contributed by atoms with van der Waals surface area (Å²) in [5.41, 5.74) is -0.419. The molecule has 1 atom stereocenters. The maximum atomic E-state index is 9.00. The normalized spacial score (nSPS) is 13.2. The Morgan fingerprint density at radius 2 is 1.26 bits per heavy atom. The Morgan fingerprint density at radius 1 is 0.789 bits per heavy atom. The number of hydrogen-bond acceptors (Lipinski definition) is 2. The van der Waals surface area contributed by atoms with Gasteiger partial charge in [0.1, 0.15) is 0 Å². The minimum atomic E-state index is -0.419. The van der Waals surface area contributed by atoms with Gasteiger partial charge >= 0.3 is 0 Å². The van der Waals surface area contributed by atoms with Crippen molar-refractivity contribution in [3.63, 3.8) is 0 Å². The second-order valence-electron chi connectivity index (χ2n) is 5.50. The summed E-state index contributed by atoms with van der Waals surface area (Å²) in [7, 11) is 0. The lowest BCUT2D eigenvalue weighted by Gasteiger charge is -2.02. The lowest BCUT2D eigenvalue weighted by atomic mass is 10.1. The van der Waals surface area contributed by atoms with E-state index >= 15 is 0 Å². The minimum Gasteiger partial charge on any atom is -0.383 e. The van der Waals surface area contributed by atoms with Crippen LogP contribution >= 0.6 is 12.6 Å². The molecular formula is C17H34OS. The molecule has 0 bridgehead atoms. The smallest absolute Gasteiger partial charge is 0.0964 e. The molecule has 0 aromatic rings. The molecule has 0 saturated heterocycles. The van der Waals surface area contributed by atoms with E-state index in [0.29, 0.717) is 0 Å². The second kappa shape index (κ2) is 16.1. The molecule has 2 heteroatoms. The molecule has 0 aliphatic rings. The van der Waals surface area contributed by atoms with Gasteiger partial charge in [0.2, 0.25) is 0 Å². The van der Waals surface area contributed by atoms with Crippen molar-refractivity contribution in [1.82, 2.24) is 0 Å². The highest BCUT2D eigenvalue weighted by Gasteiger charge is 1.95. The summed E-state index contributed by atoms with van der Waals surface area (Å²) in [5.74, 6) is 0. The van der Waals surface area contributed by atoms with E-state index < -0.39 is 5.44 Å². The first-order valence-electron chi connectivity index (χ1n) is 8.28. The molecule has 0 aromatic heterocycles. The Labute approximate surface area is 126 Å². The van der Waals surface area contributed by atoms with Gasteiger partial charge in [-0.15, -0.1) is 12.6 Å². The number of aliphatic hydroxyl groups excluding tert-OH is 1. The van der Waals surface area contributed by atoms with Crippen LogP contribution in [0.4, 0.5) is 0 Å². The van der Waals surface area contributed by atoms with Gasteiger partial charge < -0.3 is 5.11 Å². The van der Waals surface area contributed by atoms with Crippen LogP contribution in [0.1, 0.15) is 90.4 Å². The molecule has 19 heavy (non-hydrogen) atoms. The fraction of sp³-hybridized carbons (Fsp3) is 0.882. The minimum absolute atomic E-state index is 0.419. The molecule has 1 unspecified atom stereocenters. The molecule has 114 valence electrons. The van der Waals surface area contributed by atoms with Gasteiger partial charge in [-0.25, -0.2) is 0 Å². The number of aliphatic hydroxyl groups is 1. The fourth-order valence-electron chi connectivity index (χ4n) is 2.22. The first kappa shape index (κ1) is 19.1. The van der Waals surface area contributed by atoms with Crippen LogP contribution in [0.2, 0.25) is 0 Å². The molecule has 0 saturated carbocycles. The van der Waals surface area contributed by atoms with Crippen LogP contribution in [0.3, 0.4) is 0 Å². The Kier molecular flexibility index (Phi) is 16.1. The molecular weight excluding hydrogens is 252 g/mol. The monoisotopic (exact) mass is 286 g/mol. The van der Waals surface area contributed by atoms with Crippen molar-refractivity contribution in [3.05, 3.63) is 12.2 Å². The van der Waals surface area contributed by atoms with E-state index in [1.165, 1.54) is 70.6 Å². The van der Waals surface area contributed by atoms with Gasteiger partial charge in [-0.1, -0.05) is 70.4 Å². The number of thiol groups is 1. The molecule has 0 fully saturated rings.